The molecule has 0 saturated heterocycles. The summed E-state index contributed by atoms with van der Waals surface area (Å²) < 4.78 is 43.1. The van der Waals surface area contributed by atoms with Crippen LogP contribution in [0, 0.1) is 0 Å². The van der Waals surface area contributed by atoms with E-state index in [1.54, 1.807) is 0 Å². The lowest BCUT2D eigenvalue weighted by Crippen LogP contribution is -2.25. The van der Waals surface area contributed by atoms with E-state index in [2.05, 4.69) is 65.8 Å². The predicted molar refractivity (Wildman–Crippen MR) is 224 cm³/mol. The maximum Gasteiger partial charge on any atom is 0.180 e. The number of hydrogen-bond donors (Lipinski definition) is 0. The van der Waals surface area contributed by atoms with Crippen LogP contribution >= 0.6 is 0 Å². The van der Waals surface area contributed by atoms with E-state index in [1.165, 1.54) is 77.0 Å². The molecule has 0 aliphatic heterocycles. The third kappa shape index (κ3) is 37.9. The molecule has 0 aromatic rings. The second-order valence-electron chi connectivity index (χ2n) is 14.6. The summed E-state index contributed by atoms with van der Waals surface area (Å²) in [6.07, 6.45) is 37.0. The first-order valence-corrected chi connectivity index (χ1v) is 22.8. The molecule has 7 heteroatoms. The minimum absolute atomic E-state index is 0.0850. The van der Waals surface area contributed by atoms with Gasteiger partial charge in [0.1, 0.15) is 0 Å². The quantitative estimate of drug-likeness (QED) is 0.0349. The van der Waals surface area contributed by atoms with Gasteiger partial charge in [-0.3, -0.25) is 0 Å². The molecular weight excluding hydrogens is 664 g/mol. The zero-order valence-corrected chi connectivity index (χ0v) is 36.1. The fourth-order valence-electron chi connectivity index (χ4n) is 5.85. The number of unbranched alkanes of at least 4 members (excludes halogenated alkanes) is 16. The molecule has 0 spiro atoms. The van der Waals surface area contributed by atoms with Crippen molar-refractivity contribution in [3.8, 4) is 0 Å². The van der Waals surface area contributed by atoms with Crippen molar-refractivity contribution in [2.24, 2.45) is 0 Å². The van der Waals surface area contributed by atoms with E-state index in [1.807, 2.05) is 0 Å². The number of rotatable bonds is 44. The molecule has 0 aromatic carbocycles. The van der Waals surface area contributed by atoms with Crippen LogP contribution in [0.4, 0.5) is 0 Å². The van der Waals surface area contributed by atoms with Crippen LogP contribution in [0.25, 0.3) is 0 Å². The van der Waals surface area contributed by atoms with Gasteiger partial charge in [-0.25, -0.2) is 0 Å². The molecule has 2 unspecified atom stereocenters. The first-order chi connectivity index (χ1) is 26.1. The Morgan fingerprint density at radius 1 is 0.321 bits per heavy atom. The lowest BCUT2D eigenvalue weighted by molar-refractivity contribution is -0.207. The molecule has 0 amide bonds. The zero-order chi connectivity index (χ0) is 38.7. The average molecular weight is 755 g/mol. The van der Waals surface area contributed by atoms with Crippen LogP contribution in [-0.2, 0) is 33.2 Å². The molecule has 53 heavy (non-hydrogen) atoms. The van der Waals surface area contributed by atoms with Gasteiger partial charge in [0.25, 0.3) is 0 Å². The summed E-state index contributed by atoms with van der Waals surface area (Å²) in [6.45, 7) is 17.7. The maximum atomic E-state index is 6.34. The SMILES string of the molecule is CCCCCCOC(CCCCC=CC(OCCC)OC(C=CCCCCC(OCCCCCC)OCCCCCC)OCCC)OCCCCCC. The Kier molecular flexibility index (Phi) is 43.3. The highest BCUT2D eigenvalue weighted by Gasteiger charge is 2.14. The highest BCUT2D eigenvalue weighted by Crippen LogP contribution is 2.15. The Hall–Kier alpha value is -0.800. The van der Waals surface area contributed by atoms with E-state index in [0.717, 1.165) is 116 Å². The molecule has 7 nitrogen and oxygen atoms in total. The zero-order valence-electron chi connectivity index (χ0n) is 36.1. The summed E-state index contributed by atoms with van der Waals surface area (Å²) in [5.74, 6) is 0. The van der Waals surface area contributed by atoms with Crippen molar-refractivity contribution in [2.75, 3.05) is 39.6 Å². The molecule has 0 heterocycles. The first-order valence-electron chi connectivity index (χ1n) is 22.8. The second kappa shape index (κ2) is 43.9. The third-order valence-corrected chi connectivity index (χ3v) is 9.15. The van der Waals surface area contributed by atoms with Crippen LogP contribution in [0.3, 0.4) is 0 Å². The van der Waals surface area contributed by atoms with Crippen molar-refractivity contribution in [3.05, 3.63) is 24.3 Å². The van der Waals surface area contributed by atoms with E-state index >= 15 is 0 Å². The van der Waals surface area contributed by atoms with Crippen molar-refractivity contribution >= 4 is 0 Å². The monoisotopic (exact) mass is 755 g/mol. The number of allylic oxidation sites excluding steroid dienone is 2. The summed E-state index contributed by atoms with van der Waals surface area (Å²) in [4.78, 5) is 0. The molecule has 0 aliphatic carbocycles. The van der Waals surface area contributed by atoms with Crippen molar-refractivity contribution < 1.29 is 33.2 Å². The Labute approximate surface area is 330 Å². The molecule has 0 radical (unpaired) electrons. The highest BCUT2D eigenvalue weighted by molar-refractivity contribution is 4.89. The van der Waals surface area contributed by atoms with Gasteiger partial charge in [0.2, 0.25) is 0 Å². The maximum absolute atomic E-state index is 6.34. The Morgan fingerprint density at radius 3 is 0.962 bits per heavy atom. The lowest BCUT2D eigenvalue weighted by atomic mass is 10.1. The van der Waals surface area contributed by atoms with Gasteiger partial charge in [-0.2, -0.15) is 0 Å². The number of hydrogen-bond acceptors (Lipinski definition) is 7. The summed E-state index contributed by atoms with van der Waals surface area (Å²) in [5.41, 5.74) is 0. The molecule has 0 bridgehead atoms. The van der Waals surface area contributed by atoms with E-state index in [4.69, 9.17) is 33.2 Å². The smallest absolute Gasteiger partial charge is 0.180 e. The van der Waals surface area contributed by atoms with Gasteiger partial charge in [0.15, 0.2) is 25.2 Å². The van der Waals surface area contributed by atoms with Crippen LogP contribution in [0.1, 0.15) is 208 Å². The summed E-state index contributed by atoms with van der Waals surface area (Å²) in [5, 5.41) is 0. The van der Waals surface area contributed by atoms with Crippen LogP contribution in [-0.4, -0.2) is 64.8 Å². The fraction of sp³-hybridized carbons (Fsp3) is 0.913. The Balaban J connectivity index is 4.84. The van der Waals surface area contributed by atoms with Crippen molar-refractivity contribution in [2.45, 2.75) is 234 Å². The lowest BCUT2D eigenvalue weighted by Gasteiger charge is -2.21. The van der Waals surface area contributed by atoms with Gasteiger partial charge in [-0.15, -0.1) is 0 Å². The normalized spacial score (nSPS) is 13.4. The van der Waals surface area contributed by atoms with Crippen LogP contribution in [0.15, 0.2) is 24.3 Å². The standard InChI is InChI=1S/C46H90O7/c1-7-13-17-29-39-49-43(50-40-30-18-14-8-2)33-25-21-23-27-35-45(47-37-11-5)53-46(48-38-12-6)36-28-24-22-26-34-44(51-41-31-19-15-9-3)52-42-32-20-16-10-4/h27-28,35-36,43-46H,7-26,29-34,37-42H2,1-6H3. The summed E-state index contributed by atoms with van der Waals surface area (Å²) in [7, 11) is 0. The minimum Gasteiger partial charge on any atom is -0.353 e. The van der Waals surface area contributed by atoms with E-state index in [-0.39, 0.29) is 12.6 Å². The minimum atomic E-state index is -0.433. The summed E-state index contributed by atoms with van der Waals surface area (Å²) >= 11 is 0. The molecular formula is C46H90O7. The van der Waals surface area contributed by atoms with E-state index in [9.17, 15) is 0 Å². The molecule has 0 fully saturated rings. The van der Waals surface area contributed by atoms with Gasteiger partial charge >= 0.3 is 0 Å². The van der Waals surface area contributed by atoms with Gasteiger partial charge in [0, 0.05) is 39.6 Å². The Morgan fingerprint density at radius 2 is 0.660 bits per heavy atom. The first kappa shape index (κ1) is 52.2. The largest absolute Gasteiger partial charge is 0.353 e. The molecule has 0 saturated carbocycles. The van der Waals surface area contributed by atoms with Crippen molar-refractivity contribution in [3.63, 3.8) is 0 Å². The topological polar surface area (TPSA) is 64.6 Å². The van der Waals surface area contributed by atoms with Crippen LogP contribution < -0.4 is 0 Å². The molecule has 316 valence electrons. The molecule has 2 atom stereocenters. The molecule has 0 aliphatic rings. The fourth-order valence-corrected chi connectivity index (χ4v) is 5.85. The molecule has 0 aromatic heterocycles. The van der Waals surface area contributed by atoms with E-state index < -0.39 is 12.6 Å². The van der Waals surface area contributed by atoms with Crippen LogP contribution in [0.5, 0.6) is 0 Å². The predicted octanol–water partition coefficient (Wildman–Crippen LogP) is 13.8. The third-order valence-electron chi connectivity index (χ3n) is 9.15. The number of ether oxygens (including phenoxy) is 7. The van der Waals surface area contributed by atoms with E-state index in [0.29, 0.717) is 13.2 Å². The van der Waals surface area contributed by atoms with Crippen molar-refractivity contribution in [1.82, 2.24) is 0 Å². The summed E-state index contributed by atoms with van der Waals surface area (Å²) in [6, 6.07) is 0. The van der Waals surface area contributed by atoms with Gasteiger partial charge in [-0.1, -0.05) is 131 Å². The van der Waals surface area contributed by atoms with Gasteiger partial charge in [0.05, 0.1) is 0 Å². The van der Waals surface area contributed by atoms with Gasteiger partial charge in [-0.05, 0) is 102 Å². The highest BCUT2D eigenvalue weighted by atomic mass is 16.8. The molecule has 0 N–H and O–H groups in total. The molecule has 0 rings (SSSR count). The second-order valence-corrected chi connectivity index (χ2v) is 14.6. The van der Waals surface area contributed by atoms with Gasteiger partial charge < -0.3 is 33.2 Å². The van der Waals surface area contributed by atoms with Crippen LogP contribution in [0.2, 0.25) is 0 Å². The van der Waals surface area contributed by atoms with Crippen molar-refractivity contribution in [1.29, 1.82) is 0 Å². The average Bonchev–Trinajstić information content (AvgIpc) is 3.17. The Bertz CT molecular complexity index is 657.